The van der Waals surface area contributed by atoms with Gasteiger partial charge in [0.25, 0.3) is 0 Å². The first-order valence-electron chi connectivity index (χ1n) is 5.74. The molecule has 1 aliphatic heterocycles. The maximum atomic E-state index is 3.76. The number of thioether (sulfide) groups is 2. The molecule has 1 unspecified atom stereocenters. The molecular formula is C12H25NS2. The van der Waals surface area contributed by atoms with Crippen molar-refractivity contribution < 1.29 is 0 Å². The molecule has 1 fully saturated rings. The summed E-state index contributed by atoms with van der Waals surface area (Å²) < 4.78 is 0.359. The summed E-state index contributed by atoms with van der Waals surface area (Å²) in [5, 5.41) is 3.76. The van der Waals surface area contributed by atoms with Gasteiger partial charge < -0.3 is 5.32 Å². The van der Waals surface area contributed by atoms with Gasteiger partial charge in [-0.2, -0.15) is 23.5 Å². The monoisotopic (exact) mass is 247 g/mol. The van der Waals surface area contributed by atoms with Crippen molar-refractivity contribution in [3.05, 3.63) is 0 Å². The second kappa shape index (κ2) is 5.33. The molecule has 1 heterocycles. The Kier molecular flexibility index (Phi) is 4.87. The SMILES string of the molecule is CSC(C)(C)CNC1CSCCC1(C)C. The van der Waals surface area contributed by atoms with Crippen molar-refractivity contribution in [1.82, 2.24) is 5.32 Å². The molecule has 0 aromatic rings. The highest BCUT2D eigenvalue weighted by Gasteiger charge is 2.33. The molecular weight excluding hydrogens is 222 g/mol. The number of hydrogen-bond donors (Lipinski definition) is 1. The van der Waals surface area contributed by atoms with Crippen molar-refractivity contribution in [1.29, 1.82) is 0 Å². The first-order valence-corrected chi connectivity index (χ1v) is 8.12. The molecule has 3 heteroatoms. The average Bonchev–Trinajstić information content (AvgIpc) is 2.16. The summed E-state index contributed by atoms with van der Waals surface area (Å²) in [5.74, 6) is 2.61. The van der Waals surface area contributed by atoms with E-state index in [2.05, 4.69) is 51.0 Å². The maximum Gasteiger partial charge on any atom is 0.0225 e. The van der Waals surface area contributed by atoms with Gasteiger partial charge in [-0.25, -0.2) is 0 Å². The van der Waals surface area contributed by atoms with Gasteiger partial charge in [-0.15, -0.1) is 0 Å². The van der Waals surface area contributed by atoms with Crippen LogP contribution in [0.1, 0.15) is 34.1 Å². The summed E-state index contributed by atoms with van der Waals surface area (Å²) in [4.78, 5) is 0. The van der Waals surface area contributed by atoms with E-state index in [0.717, 1.165) is 6.54 Å². The quantitative estimate of drug-likeness (QED) is 0.819. The highest BCUT2D eigenvalue weighted by Crippen LogP contribution is 2.34. The molecule has 1 N–H and O–H groups in total. The van der Waals surface area contributed by atoms with Gasteiger partial charge in [0.1, 0.15) is 0 Å². The van der Waals surface area contributed by atoms with Crippen LogP contribution in [0.15, 0.2) is 0 Å². The molecule has 0 bridgehead atoms. The fraction of sp³-hybridized carbons (Fsp3) is 1.00. The van der Waals surface area contributed by atoms with Crippen molar-refractivity contribution in [2.45, 2.75) is 44.9 Å². The summed E-state index contributed by atoms with van der Waals surface area (Å²) in [6.45, 7) is 10.5. The lowest BCUT2D eigenvalue weighted by Gasteiger charge is -2.40. The van der Waals surface area contributed by atoms with E-state index in [-0.39, 0.29) is 0 Å². The van der Waals surface area contributed by atoms with E-state index in [1.807, 2.05) is 11.8 Å². The van der Waals surface area contributed by atoms with Crippen molar-refractivity contribution >= 4 is 23.5 Å². The lowest BCUT2D eigenvalue weighted by atomic mass is 9.82. The van der Waals surface area contributed by atoms with Crippen LogP contribution in [0, 0.1) is 5.41 Å². The Labute approximate surface area is 104 Å². The van der Waals surface area contributed by atoms with Crippen LogP contribution >= 0.6 is 23.5 Å². The van der Waals surface area contributed by atoms with Gasteiger partial charge in [0, 0.05) is 23.1 Å². The van der Waals surface area contributed by atoms with Crippen LogP contribution in [0.2, 0.25) is 0 Å². The summed E-state index contributed by atoms with van der Waals surface area (Å²) in [6.07, 6.45) is 3.54. The van der Waals surface area contributed by atoms with E-state index in [1.165, 1.54) is 17.9 Å². The zero-order valence-electron chi connectivity index (χ0n) is 10.7. The Bertz CT molecular complexity index is 202. The minimum Gasteiger partial charge on any atom is -0.311 e. The Morgan fingerprint density at radius 1 is 1.47 bits per heavy atom. The minimum absolute atomic E-state index is 0.359. The third kappa shape index (κ3) is 4.20. The average molecular weight is 247 g/mol. The van der Waals surface area contributed by atoms with Gasteiger partial charge in [-0.3, -0.25) is 0 Å². The lowest BCUT2D eigenvalue weighted by Crippen LogP contribution is -2.50. The highest BCUT2D eigenvalue weighted by atomic mass is 32.2. The third-order valence-corrected chi connectivity index (χ3v) is 5.76. The van der Waals surface area contributed by atoms with E-state index in [1.54, 1.807) is 0 Å². The summed E-state index contributed by atoms with van der Waals surface area (Å²) in [6, 6.07) is 0.683. The first kappa shape index (κ1) is 13.7. The molecule has 0 aromatic heterocycles. The molecule has 1 atom stereocenters. The van der Waals surface area contributed by atoms with Crippen LogP contribution in [0.4, 0.5) is 0 Å². The van der Waals surface area contributed by atoms with Crippen LogP contribution < -0.4 is 5.32 Å². The van der Waals surface area contributed by atoms with Crippen LogP contribution in [0.25, 0.3) is 0 Å². The highest BCUT2D eigenvalue weighted by molar-refractivity contribution is 8.00. The fourth-order valence-corrected chi connectivity index (χ4v) is 3.58. The molecule has 1 saturated heterocycles. The standard InChI is InChI=1S/C12H25NS2/c1-11(2)6-7-15-8-10(11)13-9-12(3,4)14-5/h10,13H,6-9H2,1-5H3. The summed E-state index contributed by atoms with van der Waals surface area (Å²) in [7, 11) is 0. The van der Waals surface area contributed by atoms with Gasteiger partial charge in [-0.05, 0) is 37.7 Å². The van der Waals surface area contributed by atoms with Gasteiger partial charge in [0.05, 0.1) is 0 Å². The number of nitrogens with one attached hydrogen (secondary N) is 1. The zero-order chi connectivity index (χ0) is 11.5. The Morgan fingerprint density at radius 2 is 2.13 bits per heavy atom. The second-order valence-corrected chi connectivity index (χ2v) is 8.37. The molecule has 15 heavy (non-hydrogen) atoms. The van der Waals surface area contributed by atoms with Crippen molar-refractivity contribution in [3.63, 3.8) is 0 Å². The van der Waals surface area contributed by atoms with E-state index in [0.29, 0.717) is 16.2 Å². The smallest absolute Gasteiger partial charge is 0.0225 e. The van der Waals surface area contributed by atoms with Gasteiger partial charge in [0.2, 0.25) is 0 Å². The van der Waals surface area contributed by atoms with E-state index >= 15 is 0 Å². The van der Waals surface area contributed by atoms with Gasteiger partial charge >= 0.3 is 0 Å². The molecule has 0 saturated carbocycles. The van der Waals surface area contributed by atoms with E-state index < -0.39 is 0 Å². The Balaban J connectivity index is 2.43. The molecule has 0 aliphatic carbocycles. The topological polar surface area (TPSA) is 12.0 Å². The Hall–Kier alpha value is 0.660. The maximum absolute atomic E-state index is 3.76. The predicted molar refractivity (Wildman–Crippen MR) is 75.1 cm³/mol. The van der Waals surface area contributed by atoms with Crippen LogP contribution in [-0.2, 0) is 0 Å². The van der Waals surface area contributed by atoms with Crippen molar-refractivity contribution in [2.24, 2.45) is 5.41 Å². The molecule has 0 radical (unpaired) electrons. The van der Waals surface area contributed by atoms with Gasteiger partial charge in [-0.1, -0.05) is 13.8 Å². The zero-order valence-corrected chi connectivity index (χ0v) is 12.4. The normalized spacial score (nSPS) is 26.6. The van der Waals surface area contributed by atoms with E-state index in [9.17, 15) is 0 Å². The molecule has 90 valence electrons. The molecule has 0 aromatic carbocycles. The van der Waals surface area contributed by atoms with Crippen LogP contribution in [0.3, 0.4) is 0 Å². The lowest BCUT2D eigenvalue weighted by molar-refractivity contribution is 0.243. The first-order chi connectivity index (χ1) is 6.87. The molecule has 0 spiro atoms. The molecule has 1 aliphatic rings. The number of rotatable bonds is 4. The van der Waals surface area contributed by atoms with Crippen LogP contribution in [-0.4, -0.2) is 35.1 Å². The Morgan fingerprint density at radius 3 is 2.67 bits per heavy atom. The largest absolute Gasteiger partial charge is 0.311 e. The summed E-state index contributed by atoms with van der Waals surface area (Å²) >= 11 is 4.04. The van der Waals surface area contributed by atoms with Crippen molar-refractivity contribution in [3.8, 4) is 0 Å². The minimum atomic E-state index is 0.359. The summed E-state index contributed by atoms with van der Waals surface area (Å²) in [5.41, 5.74) is 0.472. The predicted octanol–water partition coefficient (Wildman–Crippen LogP) is 3.25. The van der Waals surface area contributed by atoms with Crippen LogP contribution in [0.5, 0.6) is 0 Å². The molecule has 1 nitrogen and oxygen atoms in total. The fourth-order valence-electron chi connectivity index (χ4n) is 1.71. The molecule has 1 rings (SSSR count). The third-order valence-electron chi connectivity index (χ3n) is 3.45. The van der Waals surface area contributed by atoms with Gasteiger partial charge in [0.15, 0.2) is 0 Å². The number of hydrogen-bond acceptors (Lipinski definition) is 3. The van der Waals surface area contributed by atoms with E-state index in [4.69, 9.17) is 0 Å². The second-order valence-electron chi connectivity index (χ2n) is 5.71. The van der Waals surface area contributed by atoms with Crippen molar-refractivity contribution in [2.75, 3.05) is 24.3 Å². The molecule has 0 amide bonds.